The molecule has 8 heteroatoms. The lowest BCUT2D eigenvalue weighted by Crippen LogP contribution is -2.39. The first-order valence-electron chi connectivity index (χ1n) is 11.6. The lowest BCUT2D eigenvalue weighted by atomic mass is 9.70. The van der Waals surface area contributed by atoms with Crippen LogP contribution in [0.15, 0.2) is 0 Å². The normalized spacial score (nSPS) is 12.8. The Bertz CT molecular complexity index is 811. The van der Waals surface area contributed by atoms with Crippen molar-refractivity contribution in [2.24, 2.45) is 10.8 Å². The fourth-order valence-electron chi connectivity index (χ4n) is 4.16. The predicted octanol–water partition coefficient (Wildman–Crippen LogP) is 7.27. The molecule has 0 aliphatic rings. The zero-order valence-electron chi connectivity index (χ0n) is 22.5. The van der Waals surface area contributed by atoms with Gasteiger partial charge in [0.25, 0.3) is 0 Å². The Hall–Kier alpha value is -1.67. The van der Waals surface area contributed by atoms with E-state index in [4.69, 9.17) is 9.47 Å². The van der Waals surface area contributed by atoms with E-state index in [2.05, 4.69) is 0 Å². The van der Waals surface area contributed by atoms with Gasteiger partial charge in [-0.3, -0.25) is 4.79 Å². The standard InChI is InChI=1S/C24H36F4O4.C2H6/c1-14-15(25)17(27)18(28)19(16(14)26)32-20(29)22(4,5)12-21(2,3)13-24(8,9)31-11-10-23(6,7)30;1-2/h30H,10-13H2,1-9H3;1-2H3. The number of esters is 1. The number of rotatable bonds is 10. The van der Waals surface area contributed by atoms with E-state index in [1.165, 1.54) is 0 Å². The van der Waals surface area contributed by atoms with E-state index in [1.54, 1.807) is 27.7 Å². The van der Waals surface area contributed by atoms with Gasteiger partial charge in [0.1, 0.15) is 0 Å². The first-order chi connectivity index (χ1) is 15.2. The molecule has 0 aromatic heterocycles. The van der Waals surface area contributed by atoms with Gasteiger partial charge in [0.05, 0.1) is 23.2 Å². The van der Waals surface area contributed by atoms with E-state index in [-0.39, 0.29) is 6.42 Å². The summed E-state index contributed by atoms with van der Waals surface area (Å²) >= 11 is 0. The molecule has 34 heavy (non-hydrogen) atoms. The zero-order chi connectivity index (χ0) is 27.3. The van der Waals surface area contributed by atoms with Crippen molar-refractivity contribution in [3.8, 4) is 5.75 Å². The molecule has 0 unspecified atom stereocenters. The largest absolute Gasteiger partial charge is 0.420 e. The Labute approximate surface area is 202 Å². The van der Waals surface area contributed by atoms with E-state index < -0.39 is 62.6 Å². The Morgan fingerprint density at radius 3 is 1.79 bits per heavy atom. The number of hydrogen-bond donors (Lipinski definition) is 1. The highest BCUT2D eigenvalue weighted by molar-refractivity contribution is 5.78. The van der Waals surface area contributed by atoms with Gasteiger partial charge >= 0.3 is 5.97 Å². The summed E-state index contributed by atoms with van der Waals surface area (Å²) in [4.78, 5) is 12.7. The van der Waals surface area contributed by atoms with Crippen LogP contribution in [0.25, 0.3) is 0 Å². The highest BCUT2D eigenvalue weighted by Crippen LogP contribution is 2.41. The van der Waals surface area contributed by atoms with Crippen LogP contribution >= 0.6 is 0 Å². The quantitative estimate of drug-likeness (QED) is 0.122. The number of aliphatic hydroxyl groups is 1. The van der Waals surface area contributed by atoms with Crippen LogP contribution < -0.4 is 4.74 Å². The minimum absolute atomic E-state index is 0.267. The number of hydrogen-bond acceptors (Lipinski definition) is 4. The van der Waals surface area contributed by atoms with Crippen molar-refractivity contribution in [3.05, 3.63) is 28.8 Å². The molecule has 198 valence electrons. The van der Waals surface area contributed by atoms with Crippen molar-refractivity contribution in [3.63, 3.8) is 0 Å². The molecule has 0 saturated heterocycles. The fourth-order valence-corrected chi connectivity index (χ4v) is 4.16. The summed E-state index contributed by atoms with van der Waals surface area (Å²) in [7, 11) is 0. The van der Waals surface area contributed by atoms with Crippen LogP contribution in [0.5, 0.6) is 5.75 Å². The molecule has 0 fully saturated rings. The molecule has 0 aliphatic heterocycles. The molecular formula is C26H42F4O4. The summed E-state index contributed by atoms with van der Waals surface area (Å²) in [6, 6.07) is 0. The monoisotopic (exact) mass is 494 g/mol. The third kappa shape index (κ3) is 9.53. The lowest BCUT2D eigenvalue weighted by Gasteiger charge is -2.39. The summed E-state index contributed by atoms with van der Waals surface area (Å²) in [6.45, 7) is 19.4. The Morgan fingerprint density at radius 1 is 0.824 bits per heavy atom. The second-order valence-electron chi connectivity index (χ2n) is 11.2. The van der Waals surface area contributed by atoms with Gasteiger partial charge in [0, 0.05) is 5.56 Å². The molecule has 0 radical (unpaired) electrons. The van der Waals surface area contributed by atoms with Crippen LogP contribution in [0, 0.1) is 41.0 Å². The molecule has 1 N–H and O–H groups in total. The topological polar surface area (TPSA) is 55.8 Å². The third-order valence-electron chi connectivity index (χ3n) is 5.22. The van der Waals surface area contributed by atoms with Crippen molar-refractivity contribution in [2.75, 3.05) is 6.61 Å². The molecule has 1 rings (SSSR count). The summed E-state index contributed by atoms with van der Waals surface area (Å²) in [5, 5.41) is 9.84. The maximum atomic E-state index is 14.3. The maximum absolute atomic E-state index is 14.3. The Morgan fingerprint density at radius 2 is 1.32 bits per heavy atom. The predicted molar refractivity (Wildman–Crippen MR) is 126 cm³/mol. The lowest BCUT2D eigenvalue weighted by molar-refractivity contribution is -0.147. The van der Waals surface area contributed by atoms with E-state index in [0.29, 0.717) is 19.4 Å². The smallest absolute Gasteiger partial charge is 0.317 e. The van der Waals surface area contributed by atoms with E-state index in [0.717, 1.165) is 6.92 Å². The molecule has 0 saturated carbocycles. The summed E-state index contributed by atoms with van der Waals surface area (Å²) < 4.78 is 66.3. The van der Waals surface area contributed by atoms with Gasteiger partial charge in [0.15, 0.2) is 17.5 Å². The SMILES string of the molecule is CC.Cc1c(F)c(F)c(F)c(OC(=O)C(C)(C)CC(C)(C)CC(C)(C)OCCC(C)(C)O)c1F. The molecule has 0 heterocycles. The van der Waals surface area contributed by atoms with Crippen LogP contribution in [0.1, 0.15) is 94.1 Å². The van der Waals surface area contributed by atoms with Crippen LogP contribution in [0.2, 0.25) is 0 Å². The molecule has 1 aromatic carbocycles. The van der Waals surface area contributed by atoms with E-state index in [9.17, 15) is 27.5 Å². The average molecular weight is 495 g/mol. The number of halogens is 4. The van der Waals surface area contributed by atoms with Crippen LogP contribution in [-0.4, -0.2) is 28.9 Å². The first kappa shape index (κ1) is 32.3. The Kier molecular flexibility index (Phi) is 11.3. The minimum Gasteiger partial charge on any atom is -0.420 e. The molecular weight excluding hydrogens is 452 g/mol. The molecule has 0 spiro atoms. The zero-order valence-corrected chi connectivity index (χ0v) is 22.5. The summed E-state index contributed by atoms with van der Waals surface area (Å²) in [5.41, 5.74) is -3.83. The van der Waals surface area contributed by atoms with Crippen molar-refractivity contribution >= 4 is 5.97 Å². The van der Waals surface area contributed by atoms with Gasteiger partial charge in [0.2, 0.25) is 11.6 Å². The van der Waals surface area contributed by atoms with Crippen LogP contribution in [0.4, 0.5) is 17.6 Å². The fraction of sp³-hybridized carbons (Fsp3) is 0.731. The van der Waals surface area contributed by atoms with E-state index in [1.807, 2.05) is 41.5 Å². The van der Waals surface area contributed by atoms with Gasteiger partial charge < -0.3 is 14.6 Å². The van der Waals surface area contributed by atoms with E-state index >= 15 is 0 Å². The van der Waals surface area contributed by atoms with Gasteiger partial charge in [-0.05, 0) is 73.1 Å². The van der Waals surface area contributed by atoms with Gasteiger partial charge in [-0.1, -0.05) is 27.7 Å². The van der Waals surface area contributed by atoms with Gasteiger partial charge in [-0.25, -0.2) is 13.2 Å². The second kappa shape index (κ2) is 11.8. The average Bonchev–Trinajstić information content (AvgIpc) is 2.66. The molecule has 0 bridgehead atoms. The van der Waals surface area contributed by atoms with Crippen LogP contribution in [0.3, 0.4) is 0 Å². The molecule has 1 aromatic rings. The second-order valence-corrected chi connectivity index (χ2v) is 11.2. The van der Waals surface area contributed by atoms with Crippen molar-refractivity contribution in [2.45, 2.75) is 107 Å². The molecule has 4 nitrogen and oxygen atoms in total. The maximum Gasteiger partial charge on any atom is 0.317 e. The highest BCUT2D eigenvalue weighted by Gasteiger charge is 2.40. The minimum atomic E-state index is -1.89. The molecule has 0 atom stereocenters. The van der Waals surface area contributed by atoms with Crippen molar-refractivity contribution in [1.29, 1.82) is 0 Å². The number of benzene rings is 1. The number of carbonyl (C=O) groups is 1. The Balaban J connectivity index is 0.00000529. The number of carbonyl (C=O) groups excluding carboxylic acids is 1. The van der Waals surface area contributed by atoms with Crippen LogP contribution in [-0.2, 0) is 9.53 Å². The van der Waals surface area contributed by atoms with Gasteiger partial charge in [-0.2, -0.15) is 4.39 Å². The number of ether oxygens (including phenoxy) is 2. The summed E-state index contributed by atoms with van der Waals surface area (Å²) in [5.74, 6) is -9.09. The first-order valence-corrected chi connectivity index (χ1v) is 11.6. The molecule has 0 aliphatic carbocycles. The summed E-state index contributed by atoms with van der Waals surface area (Å²) in [6.07, 6.45) is 1.26. The van der Waals surface area contributed by atoms with Crippen molar-refractivity contribution in [1.82, 2.24) is 0 Å². The molecule has 0 amide bonds. The third-order valence-corrected chi connectivity index (χ3v) is 5.22. The highest BCUT2D eigenvalue weighted by atomic mass is 19.2. The van der Waals surface area contributed by atoms with Crippen molar-refractivity contribution < 1.29 is 36.9 Å². The van der Waals surface area contributed by atoms with Gasteiger partial charge in [-0.15, -0.1) is 0 Å².